The third kappa shape index (κ3) is 4.25. The number of nitrogens with one attached hydrogen (secondary N) is 1. The number of aromatic hydroxyl groups is 1. The number of hydrogen-bond donors (Lipinski definition) is 2. The fourth-order valence-corrected chi connectivity index (χ4v) is 3.48. The Balaban J connectivity index is 2.20. The maximum absolute atomic E-state index is 12.4. The van der Waals surface area contributed by atoms with Crippen molar-refractivity contribution >= 4 is 22.5 Å². The Morgan fingerprint density at radius 1 is 1.20 bits per heavy atom. The van der Waals surface area contributed by atoms with Crippen molar-refractivity contribution in [2.75, 3.05) is 0 Å². The van der Waals surface area contributed by atoms with E-state index in [1.165, 1.54) is 12.3 Å². The van der Waals surface area contributed by atoms with Crippen LogP contribution in [0.15, 0.2) is 48.7 Å². The molecule has 1 amide bonds. The highest BCUT2D eigenvalue weighted by atomic mass is 16.6. The number of nitro groups is 1. The fourth-order valence-electron chi connectivity index (χ4n) is 3.48. The number of benzene rings is 2. The van der Waals surface area contributed by atoms with Gasteiger partial charge in [-0.3, -0.25) is 19.9 Å². The molecular formula is C23H25N3O4. The van der Waals surface area contributed by atoms with Crippen LogP contribution in [0.5, 0.6) is 5.75 Å². The van der Waals surface area contributed by atoms with E-state index in [4.69, 9.17) is 0 Å². The number of amides is 1. The number of phenols is 1. The maximum atomic E-state index is 12.4. The molecule has 1 heterocycles. The molecule has 156 valence electrons. The lowest BCUT2D eigenvalue weighted by molar-refractivity contribution is -0.383. The first-order chi connectivity index (χ1) is 14.3. The highest BCUT2D eigenvalue weighted by Crippen LogP contribution is 2.39. The highest BCUT2D eigenvalue weighted by Gasteiger charge is 2.26. The van der Waals surface area contributed by atoms with Crippen LogP contribution >= 0.6 is 0 Å². The molecule has 2 N–H and O–H groups in total. The summed E-state index contributed by atoms with van der Waals surface area (Å²) < 4.78 is 0. The van der Waals surface area contributed by atoms with Gasteiger partial charge in [-0.25, -0.2) is 0 Å². The van der Waals surface area contributed by atoms with E-state index in [9.17, 15) is 20.0 Å². The van der Waals surface area contributed by atoms with E-state index in [2.05, 4.69) is 24.1 Å². The van der Waals surface area contributed by atoms with Crippen molar-refractivity contribution in [3.8, 4) is 5.75 Å². The van der Waals surface area contributed by atoms with Gasteiger partial charge in [-0.05, 0) is 35.6 Å². The predicted octanol–water partition coefficient (Wildman–Crippen LogP) is 4.98. The molecule has 0 aliphatic carbocycles. The maximum Gasteiger partial charge on any atom is 0.279 e. The molecule has 3 rings (SSSR count). The number of pyridine rings is 1. The molecular weight excluding hydrogens is 382 g/mol. The van der Waals surface area contributed by atoms with E-state index in [1.54, 1.807) is 12.1 Å². The van der Waals surface area contributed by atoms with Crippen LogP contribution in [0.25, 0.3) is 10.9 Å². The first-order valence-electron chi connectivity index (χ1n) is 9.97. The summed E-state index contributed by atoms with van der Waals surface area (Å²) in [4.78, 5) is 27.8. The molecule has 3 aromatic rings. The lowest BCUT2D eigenvalue weighted by Gasteiger charge is -2.22. The van der Waals surface area contributed by atoms with Gasteiger partial charge in [0.2, 0.25) is 5.91 Å². The molecule has 1 atom stereocenters. The average Bonchev–Trinajstić information content (AvgIpc) is 2.73. The van der Waals surface area contributed by atoms with E-state index in [-0.39, 0.29) is 33.8 Å². The van der Waals surface area contributed by atoms with Crippen molar-refractivity contribution < 1.29 is 14.8 Å². The highest BCUT2D eigenvalue weighted by molar-refractivity contribution is 5.94. The number of carbonyl (C=O) groups is 1. The van der Waals surface area contributed by atoms with Gasteiger partial charge in [0.25, 0.3) is 5.69 Å². The summed E-state index contributed by atoms with van der Waals surface area (Å²) in [6.07, 6.45) is 2.45. The van der Waals surface area contributed by atoms with E-state index >= 15 is 0 Å². The molecule has 7 heteroatoms. The zero-order valence-corrected chi connectivity index (χ0v) is 17.3. The molecule has 0 aliphatic heterocycles. The van der Waals surface area contributed by atoms with Crippen molar-refractivity contribution in [2.24, 2.45) is 0 Å². The smallest absolute Gasteiger partial charge is 0.279 e. The van der Waals surface area contributed by atoms with Crippen LogP contribution in [0.4, 0.5) is 5.69 Å². The van der Waals surface area contributed by atoms with Crippen LogP contribution in [0.3, 0.4) is 0 Å². The number of rotatable bonds is 7. The van der Waals surface area contributed by atoms with Gasteiger partial charge >= 0.3 is 0 Å². The van der Waals surface area contributed by atoms with Gasteiger partial charge in [-0.1, -0.05) is 45.0 Å². The predicted molar refractivity (Wildman–Crippen MR) is 115 cm³/mol. The summed E-state index contributed by atoms with van der Waals surface area (Å²) in [5.74, 6) is -0.0314. The van der Waals surface area contributed by atoms with Crippen LogP contribution < -0.4 is 5.32 Å². The molecule has 0 bridgehead atoms. The topological polar surface area (TPSA) is 105 Å². The van der Waals surface area contributed by atoms with Crippen LogP contribution in [-0.2, 0) is 4.79 Å². The molecule has 1 aromatic heterocycles. The van der Waals surface area contributed by atoms with Crippen LogP contribution in [0.2, 0.25) is 0 Å². The minimum Gasteiger partial charge on any atom is -0.505 e. The monoisotopic (exact) mass is 407 g/mol. The third-order valence-electron chi connectivity index (χ3n) is 5.10. The van der Waals surface area contributed by atoms with E-state index in [1.807, 2.05) is 31.2 Å². The van der Waals surface area contributed by atoms with Crippen molar-refractivity contribution in [1.82, 2.24) is 10.3 Å². The van der Waals surface area contributed by atoms with Gasteiger partial charge in [0.15, 0.2) is 0 Å². The summed E-state index contributed by atoms with van der Waals surface area (Å²) >= 11 is 0. The number of phenolic OH excluding ortho intramolecular Hbond substituents is 1. The van der Waals surface area contributed by atoms with Crippen molar-refractivity contribution in [3.63, 3.8) is 0 Å². The van der Waals surface area contributed by atoms with E-state index in [0.29, 0.717) is 18.8 Å². The van der Waals surface area contributed by atoms with E-state index < -0.39 is 11.0 Å². The summed E-state index contributed by atoms with van der Waals surface area (Å²) in [5.41, 5.74) is 2.07. The molecule has 0 radical (unpaired) electrons. The zero-order chi connectivity index (χ0) is 21.8. The molecule has 0 spiro atoms. The second-order valence-electron chi connectivity index (χ2n) is 7.56. The molecule has 0 fully saturated rings. The third-order valence-corrected chi connectivity index (χ3v) is 5.10. The number of carbonyl (C=O) groups excluding carboxylic acids is 1. The Hall–Kier alpha value is -3.48. The number of aromatic nitrogens is 1. The number of non-ortho nitro benzene ring substituents is 1. The van der Waals surface area contributed by atoms with Crippen LogP contribution in [0.1, 0.15) is 62.3 Å². The Bertz CT molecular complexity index is 1080. The lowest BCUT2D eigenvalue weighted by Crippen LogP contribution is -2.29. The summed E-state index contributed by atoms with van der Waals surface area (Å²) in [5, 5.41) is 25.8. The van der Waals surface area contributed by atoms with Gasteiger partial charge in [0, 0.05) is 24.2 Å². The quantitative estimate of drug-likeness (QED) is 0.424. The fraction of sp³-hybridized carbons (Fsp3) is 0.304. The number of hydrogen-bond acceptors (Lipinski definition) is 5. The second-order valence-corrected chi connectivity index (χ2v) is 7.56. The summed E-state index contributed by atoms with van der Waals surface area (Å²) in [7, 11) is 0. The normalized spacial score (nSPS) is 12.1. The second kappa shape index (κ2) is 8.90. The molecule has 0 saturated carbocycles. The number of nitro benzene ring substituents is 1. The zero-order valence-electron chi connectivity index (χ0n) is 17.3. The van der Waals surface area contributed by atoms with Gasteiger partial charge in [-0.2, -0.15) is 0 Å². The minimum atomic E-state index is -0.740. The minimum absolute atomic E-state index is 0.134. The molecule has 0 unspecified atom stereocenters. The Labute approximate surface area is 174 Å². The molecule has 0 saturated heterocycles. The molecule has 30 heavy (non-hydrogen) atoms. The summed E-state index contributed by atoms with van der Waals surface area (Å²) in [6.45, 7) is 6.06. The number of fused-ring (bicyclic) bond motifs is 1. The molecule has 2 aromatic carbocycles. The first-order valence-corrected chi connectivity index (χ1v) is 9.97. The lowest BCUT2D eigenvalue weighted by atomic mass is 9.93. The van der Waals surface area contributed by atoms with Crippen LogP contribution in [-0.4, -0.2) is 20.9 Å². The molecule has 0 aliphatic rings. The van der Waals surface area contributed by atoms with E-state index in [0.717, 1.165) is 11.1 Å². The van der Waals surface area contributed by atoms with Crippen molar-refractivity contribution in [3.05, 3.63) is 75.5 Å². The van der Waals surface area contributed by atoms with Gasteiger partial charge in [-0.15, -0.1) is 0 Å². The van der Waals surface area contributed by atoms with Crippen molar-refractivity contribution in [1.29, 1.82) is 0 Å². The number of nitrogens with zero attached hydrogens (tertiary/aromatic N) is 2. The Kier molecular flexibility index (Phi) is 6.30. The standard InChI is InChI=1S/C23H25N3O4/c1-4-6-20(27)25-21(16-10-8-15(9-11-16)14(2)3)18-13-19(26(29)30)17-7-5-12-24-22(17)23(18)28/h5,7-14,21,28H,4,6H2,1-3H3,(H,25,27)/t21-/m1/s1. The van der Waals surface area contributed by atoms with Crippen LogP contribution in [0, 0.1) is 10.1 Å². The Morgan fingerprint density at radius 2 is 1.87 bits per heavy atom. The SMILES string of the molecule is CCCC(=O)N[C@H](c1ccc(C(C)C)cc1)c1cc([N+](=O)[O-])c2cccnc2c1O. The van der Waals surface area contributed by atoms with Gasteiger partial charge in [0.1, 0.15) is 11.3 Å². The average molecular weight is 407 g/mol. The van der Waals surface area contributed by atoms with Crippen molar-refractivity contribution in [2.45, 2.75) is 45.6 Å². The largest absolute Gasteiger partial charge is 0.505 e. The first kappa shape index (κ1) is 21.2. The Morgan fingerprint density at radius 3 is 2.47 bits per heavy atom. The van der Waals surface area contributed by atoms with Gasteiger partial charge < -0.3 is 10.4 Å². The van der Waals surface area contributed by atoms with Gasteiger partial charge in [0.05, 0.1) is 16.4 Å². The molecule has 7 nitrogen and oxygen atoms in total. The summed E-state index contributed by atoms with van der Waals surface area (Å²) in [6, 6.07) is 11.4.